The van der Waals surface area contributed by atoms with Crippen LogP contribution in [0.5, 0.6) is 0 Å². The molecular formula is C25H29ClN2O3. The van der Waals surface area contributed by atoms with Gasteiger partial charge in [0.15, 0.2) is 0 Å². The number of carbonyl (C=O) groups excluding carboxylic acids is 2. The van der Waals surface area contributed by atoms with Crippen molar-refractivity contribution >= 4 is 23.4 Å². The molecule has 4 rings (SSSR count). The monoisotopic (exact) mass is 440 g/mol. The summed E-state index contributed by atoms with van der Waals surface area (Å²) >= 11 is 5.95. The lowest BCUT2D eigenvalue weighted by Gasteiger charge is -2.38. The van der Waals surface area contributed by atoms with Crippen molar-refractivity contribution in [1.29, 1.82) is 0 Å². The minimum absolute atomic E-state index is 0.0257. The zero-order chi connectivity index (χ0) is 21.8. The Hall–Kier alpha value is -2.37. The molecule has 0 aromatic heterocycles. The molecule has 2 aromatic rings. The molecule has 1 saturated heterocycles. The highest BCUT2D eigenvalue weighted by atomic mass is 35.5. The number of halogens is 1. The Kier molecular flexibility index (Phi) is 6.93. The lowest BCUT2D eigenvalue weighted by Crippen LogP contribution is -2.52. The number of nitrogens with zero attached hydrogens (tertiary/aromatic N) is 2. The van der Waals surface area contributed by atoms with Gasteiger partial charge in [0.2, 0.25) is 0 Å². The minimum atomic E-state index is -0.194. The number of aryl methyl sites for hydroxylation is 1. The molecule has 1 heterocycles. The molecule has 1 atom stereocenters. The van der Waals surface area contributed by atoms with Crippen LogP contribution in [-0.2, 0) is 4.74 Å². The number of amides is 2. The SMILES string of the molecule is Cc1ccc(C(=O)N(C[C@H]2CN(C(=O)c3ccc(Cl)cc3)CCO2)C2CCCC2)cc1. The maximum Gasteiger partial charge on any atom is 0.254 e. The van der Waals surface area contributed by atoms with Crippen LogP contribution in [0, 0.1) is 6.92 Å². The van der Waals surface area contributed by atoms with Crippen LogP contribution in [0.2, 0.25) is 5.02 Å². The van der Waals surface area contributed by atoms with E-state index in [-0.39, 0.29) is 24.0 Å². The van der Waals surface area contributed by atoms with Crippen LogP contribution in [0.25, 0.3) is 0 Å². The molecule has 1 aliphatic heterocycles. The topological polar surface area (TPSA) is 49.9 Å². The number of benzene rings is 2. The van der Waals surface area contributed by atoms with Crippen LogP contribution in [0.1, 0.15) is 52.0 Å². The average molecular weight is 441 g/mol. The van der Waals surface area contributed by atoms with Gasteiger partial charge in [0.25, 0.3) is 11.8 Å². The zero-order valence-corrected chi connectivity index (χ0v) is 18.7. The van der Waals surface area contributed by atoms with Gasteiger partial charge >= 0.3 is 0 Å². The summed E-state index contributed by atoms with van der Waals surface area (Å²) in [6.07, 6.45) is 4.15. The van der Waals surface area contributed by atoms with Gasteiger partial charge in [-0.05, 0) is 56.2 Å². The normalized spacial score (nSPS) is 19.4. The van der Waals surface area contributed by atoms with Crippen LogP contribution in [0.15, 0.2) is 48.5 Å². The molecule has 1 saturated carbocycles. The summed E-state index contributed by atoms with van der Waals surface area (Å²) in [4.78, 5) is 30.1. The Labute approximate surface area is 188 Å². The van der Waals surface area contributed by atoms with E-state index >= 15 is 0 Å². The quantitative estimate of drug-likeness (QED) is 0.684. The number of carbonyl (C=O) groups is 2. The molecule has 0 spiro atoms. The highest BCUT2D eigenvalue weighted by Crippen LogP contribution is 2.26. The first-order chi connectivity index (χ1) is 15.0. The summed E-state index contributed by atoms with van der Waals surface area (Å²) < 4.78 is 6.00. The maximum atomic E-state index is 13.4. The van der Waals surface area contributed by atoms with Crippen molar-refractivity contribution < 1.29 is 14.3 Å². The Balaban J connectivity index is 1.47. The van der Waals surface area contributed by atoms with Gasteiger partial charge in [0, 0.05) is 41.8 Å². The molecule has 0 N–H and O–H groups in total. The Morgan fingerprint density at radius 3 is 2.35 bits per heavy atom. The van der Waals surface area contributed by atoms with Crippen molar-refractivity contribution in [2.75, 3.05) is 26.2 Å². The minimum Gasteiger partial charge on any atom is -0.373 e. The molecule has 2 aliphatic rings. The van der Waals surface area contributed by atoms with Crippen molar-refractivity contribution in [2.24, 2.45) is 0 Å². The summed E-state index contributed by atoms with van der Waals surface area (Å²) in [5, 5.41) is 0.609. The lowest BCUT2D eigenvalue weighted by atomic mass is 10.1. The third-order valence-electron chi connectivity index (χ3n) is 6.24. The van der Waals surface area contributed by atoms with E-state index in [0.717, 1.165) is 31.2 Å². The molecule has 5 nitrogen and oxygen atoms in total. The Bertz CT molecular complexity index is 907. The van der Waals surface area contributed by atoms with E-state index < -0.39 is 0 Å². The second-order valence-electron chi connectivity index (χ2n) is 8.51. The zero-order valence-electron chi connectivity index (χ0n) is 17.9. The average Bonchev–Trinajstić information content (AvgIpc) is 3.32. The van der Waals surface area contributed by atoms with Crippen molar-refractivity contribution in [3.63, 3.8) is 0 Å². The molecule has 2 amide bonds. The van der Waals surface area contributed by atoms with Gasteiger partial charge in [0.05, 0.1) is 12.7 Å². The highest BCUT2D eigenvalue weighted by molar-refractivity contribution is 6.30. The molecule has 0 unspecified atom stereocenters. The Morgan fingerprint density at radius 2 is 1.68 bits per heavy atom. The first-order valence-corrected chi connectivity index (χ1v) is 11.4. The molecular weight excluding hydrogens is 412 g/mol. The third kappa shape index (κ3) is 5.28. The highest BCUT2D eigenvalue weighted by Gasteiger charge is 2.32. The van der Waals surface area contributed by atoms with Crippen LogP contribution in [-0.4, -0.2) is 60.0 Å². The van der Waals surface area contributed by atoms with E-state index in [1.54, 1.807) is 24.3 Å². The van der Waals surface area contributed by atoms with Crippen LogP contribution in [0.4, 0.5) is 0 Å². The van der Waals surface area contributed by atoms with Crippen molar-refractivity contribution in [1.82, 2.24) is 9.80 Å². The van der Waals surface area contributed by atoms with Crippen LogP contribution in [0.3, 0.4) is 0 Å². The van der Waals surface area contributed by atoms with E-state index in [4.69, 9.17) is 16.3 Å². The maximum absolute atomic E-state index is 13.4. The van der Waals surface area contributed by atoms with E-state index in [9.17, 15) is 9.59 Å². The fourth-order valence-corrected chi connectivity index (χ4v) is 4.61. The van der Waals surface area contributed by atoms with Gasteiger partial charge in [-0.3, -0.25) is 9.59 Å². The van der Waals surface area contributed by atoms with Crippen LogP contribution < -0.4 is 0 Å². The van der Waals surface area contributed by atoms with E-state index in [2.05, 4.69) is 0 Å². The van der Waals surface area contributed by atoms with Gasteiger partial charge in [-0.15, -0.1) is 0 Å². The number of morpholine rings is 1. The fraction of sp³-hybridized carbons (Fsp3) is 0.440. The van der Waals surface area contributed by atoms with E-state index in [0.29, 0.717) is 42.4 Å². The number of hydrogen-bond donors (Lipinski definition) is 0. The largest absolute Gasteiger partial charge is 0.373 e. The molecule has 6 heteroatoms. The van der Waals surface area contributed by atoms with Crippen molar-refractivity contribution in [3.8, 4) is 0 Å². The van der Waals surface area contributed by atoms with Crippen molar-refractivity contribution in [3.05, 3.63) is 70.2 Å². The first kappa shape index (κ1) is 21.8. The van der Waals surface area contributed by atoms with E-state index in [1.807, 2.05) is 41.0 Å². The summed E-state index contributed by atoms with van der Waals surface area (Å²) in [5.41, 5.74) is 2.46. The first-order valence-electron chi connectivity index (χ1n) is 11.1. The second-order valence-corrected chi connectivity index (χ2v) is 8.95. The summed E-state index contributed by atoms with van der Waals surface area (Å²) in [5.74, 6) is 0.0268. The predicted molar refractivity (Wildman–Crippen MR) is 122 cm³/mol. The molecule has 2 aromatic carbocycles. The van der Waals surface area contributed by atoms with Gasteiger partial charge in [0.1, 0.15) is 0 Å². The smallest absolute Gasteiger partial charge is 0.254 e. The van der Waals surface area contributed by atoms with E-state index in [1.165, 1.54) is 0 Å². The van der Waals surface area contributed by atoms with Gasteiger partial charge in [-0.1, -0.05) is 42.1 Å². The standard InChI is InChI=1S/C25H29ClN2O3/c1-18-6-8-20(9-7-18)25(30)28(22-4-2-3-5-22)17-23-16-27(14-15-31-23)24(29)19-10-12-21(26)13-11-19/h6-13,22-23H,2-5,14-17H2,1H3/t23-/m1/s1. The molecule has 164 valence electrons. The summed E-state index contributed by atoms with van der Waals surface area (Å²) in [6, 6.07) is 15.0. The molecule has 31 heavy (non-hydrogen) atoms. The van der Waals surface area contributed by atoms with Crippen LogP contribution >= 0.6 is 11.6 Å². The summed E-state index contributed by atoms with van der Waals surface area (Å²) in [7, 11) is 0. The number of hydrogen-bond acceptors (Lipinski definition) is 3. The van der Waals surface area contributed by atoms with Gasteiger partial charge < -0.3 is 14.5 Å². The predicted octanol–water partition coefficient (Wildman–Crippen LogP) is 4.57. The fourth-order valence-electron chi connectivity index (χ4n) is 4.48. The lowest BCUT2D eigenvalue weighted by molar-refractivity contribution is -0.0370. The molecule has 0 radical (unpaired) electrons. The third-order valence-corrected chi connectivity index (χ3v) is 6.49. The van der Waals surface area contributed by atoms with Crippen molar-refractivity contribution in [2.45, 2.75) is 44.8 Å². The molecule has 0 bridgehead atoms. The molecule has 1 aliphatic carbocycles. The Morgan fingerprint density at radius 1 is 1.03 bits per heavy atom. The van der Waals surface area contributed by atoms with Gasteiger partial charge in [-0.25, -0.2) is 0 Å². The molecule has 2 fully saturated rings. The number of rotatable bonds is 5. The summed E-state index contributed by atoms with van der Waals surface area (Å²) in [6.45, 7) is 4.02. The second kappa shape index (κ2) is 9.84. The van der Waals surface area contributed by atoms with Gasteiger partial charge in [-0.2, -0.15) is 0 Å². The number of ether oxygens (including phenoxy) is 1.